The standard InChI is InChI=1S/C18H21ClN2O.ClH/c1-21(2)12-6-11-20-17-10-9-15(19)13-16(17)18(22)14-7-4-3-5-8-14;/h3-5,7-10,13,20H,6,11-12H2,1-2H3;1H. The van der Waals surface area contributed by atoms with E-state index in [1.807, 2.05) is 50.5 Å². The predicted molar refractivity (Wildman–Crippen MR) is 100 cm³/mol. The molecule has 1 N–H and O–H groups in total. The predicted octanol–water partition coefficient (Wildman–Crippen LogP) is 4.36. The summed E-state index contributed by atoms with van der Waals surface area (Å²) in [7, 11) is 4.10. The number of hydrogen-bond donors (Lipinski definition) is 1. The summed E-state index contributed by atoms with van der Waals surface area (Å²) >= 11 is 6.06. The van der Waals surface area contributed by atoms with Gasteiger partial charge in [0, 0.05) is 28.4 Å². The molecule has 0 aromatic heterocycles. The molecule has 23 heavy (non-hydrogen) atoms. The van der Waals surface area contributed by atoms with E-state index in [9.17, 15) is 4.79 Å². The second-order valence-electron chi connectivity index (χ2n) is 5.47. The lowest BCUT2D eigenvalue weighted by molar-refractivity contribution is 0.103. The van der Waals surface area contributed by atoms with Gasteiger partial charge in [-0.1, -0.05) is 41.9 Å². The van der Waals surface area contributed by atoms with Crippen LogP contribution in [0.25, 0.3) is 0 Å². The summed E-state index contributed by atoms with van der Waals surface area (Å²) in [5, 5.41) is 3.91. The van der Waals surface area contributed by atoms with Crippen LogP contribution in [0.5, 0.6) is 0 Å². The Morgan fingerprint density at radius 3 is 2.48 bits per heavy atom. The highest BCUT2D eigenvalue weighted by atomic mass is 35.5. The lowest BCUT2D eigenvalue weighted by Gasteiger charge is -2.14. The van der Waals surface area contributed by atoms with E-state index in [1.54, 1.807) is 12.1 Å². The van der Waals surface area contributed by atoms with Gasteiger partial charge in [-0.25, -0.2) is 0 Å². The second-order valence-corrected chi connectivity index (χ2v) is 5.91. The summed E-state index contributed by atoms with van der Waals surface area (Å²) in [4.78, 5) is 14.8. The van der Waals surface area contributed by atoms with Gasteiger partial charge < -0.3 is 10.2 Å². The van der Waals surface area contributed by atoms with Gasteiger partial charge in [0.15, 0.2) is 5.78 Å². The van der Waals surface area contributed by atoms with Crippen molar-refractivity contribution >= 4 is 35.5 Å². The normalized spacial score (nSPS) is 10.3. The Balaban J connectivity index is 0.00000264. The molecule has 0 aliphatic heterocycles. The van der Waals surface area contributed by atoms with Gasteiger partial charge in [-0.15, -0.1) is 12.4 Å². The summed E-state index contributed by atoms with van der Waals surface area (Å²) in [6.07, 6.45) is 1.01. The zero-order valence-electron chi connectivity index (χ0n) is 13.4. The van der Waals surface area contributed by atoms with Gasteiger partial charge in [-0.05, 0) is 45.3 Å². The smallest absolute Gasteiger partial charge is 0.195 e. The Labute approximate surface area is 149 Å². The van der Waals surface area contributed by atoms with Crippen LogP contribution < -0.4 is 5.32 Å². The van der Waals surface area contributed by atoms with Crippen LogP contribution >= 0.6 is 24.0 Å². The van der Waals surface area contributed by atoms with Crippen LogP contribution in [-0.2, 0) is 0 Å². The quantitative estimate of drug-likeness (QED) is 0.593. The maximum absolute atomic E-state index is 12.7. The van der Waals surface area contributed by atoms with E-state index in [0.29, 0.717) is 16.1 Å². The molecule has 0 unspecified atom stereocenters. The van der Waals surface area contributed by atoms with Crippen molar-refractivity contribution in [3.8, 4) is 0 Å². The van der Waals surface area contributed by atoms with E-state index in [-0.39, 0.29) is 18.2 Å². The maximum Gasteiger partial charge on any atom is 0.195 e. The third-order valence-corrected chi connectivity index (χ3v) is 3.59. The highest BCUT2D eigenvalue weighted by molar-refractivity contribution is 6.31. The first kappa shape index (κ1) is 19.5. The molecule has 0 aliphatic rings. The average molecular weight is 353 g/mol. The molecule has 2 rings (SSSR count). The number of rotatable bonds is 7. The molecule has 0 bridgehead atoms. The molecule has 124 valence electrons. The van der Waals surface area contributed by atoms with Gasteiger partial charge in [0.1, 0.15) is 0 Å². The molecule has 0 radical (unpaired) electrons. The lowest BCUT2D eigenvalue weighted by Crippen LogP contribution is -2.17. The van der Waals surface area contributed by atoms with Crippen LogP contribution in [0.4, 0.5) is 5.69 Å². The Kier molecular flexibility index (Phi) is 8.10. The fourth-order valence-corrected chi connectivity index (χ4v) is 2.39. The molecule has 0 fully saturated rings. The molecule has 0 atom stereocenters. The number of carbonyl (C=O) groups excluding carboxylic acids is 1. The van der Waals surface area contributed by atoms with E-state index in [1.165, 1.54) is 0 Å². The fraction of sp³-hybridized carbons (Fsp3) is 0.278. The topological polar surface area (TPSA) is 32.3 Å². The summed E-state index contributed by atoms with van der Waals surface area (Å²) in [5.74, 6) is -0.0155. The van der Waals surface area contributed by atoms with Crippen LogP contribution in [0.2, 0.25) is 5.02 Å². The van der Waals surface area contributed by atoms with Crippen LogP contribution in [0.3, 0.4) is 0 Å². The SMILES string of the molecule is CN(C)CCCNc1ccc(Cl)cc1C(=O)c1ccccc1.Cl. The molecule has 5 heteroatoms. The largest absolute Gasteiger partial charge is 0.384 e. The molecule has 0 aliphatic carbocycles. The van der Waals surface area contributed by atoms with Crippen LogP contribution in [0, 0.1) is 0 Å². The zero-order valence-corrected chi connectivity index (χ0v) is 15.0. The van der Waals surface area contributed by atoms with Gasteiger partial charge in [0.05, 0.1) is 0 Å². The number of ketones is 1. The van der Waals surface area contributed by atoms with Gasteiger partial charge in [-0.2, -0.15) is 0 Å². The maximum atomic E-state index is 12.7. The summed E-state index contributed by atoms with van der Waals surface area (Å²) < 4.78 is 0. The first-order chi connectivity index (χ1) is 10.6. The third kappa shape index (κ3) is 5.87. The Morgan fingerprint density at radius 2 is 1.83 bits per heavy atom. The monoisotopic (exact) mass is 352 g/mol. The molecule has 0 amide bonds. The first-order valence-corrected chi connectivity index (χ1v) is 7.73. The van der Waals surface area contributed by atoms with E-state index in [4.69, 9.17) is 11.6 Å². The third-order valence-electron chi connectivity index (χ3n) is 3.36. The number of benzene rings is 2. The second kappa shape index (κ2) is 9.56. The summed E-state index contributed by atoms with van der Waals surface area (Å²) in [6.45, 7) is 1.82. The average Bonchev–Trinajstić information content (AvgIpc) is 2.52. The molecule has 3 nitrogen and oxygen atoms in total. The minimum Gasteiger partial charge on any atom is -0.384 e. The van der Waals surface area contributed by atoms with Crippen LogP contribution in [-0.4, -0.2) is 37.9 Å². The van der Waals surface area contributed by atoms with Crippen molar-refractivity contribution in [1.29, 1.82) is 0 Å². The fourth-order valence-electron chi connectivity index (χ4n) is 2.22. The molecule has 0 saturated carbocycles. The zero-order chi connectivity index (χ0) is 15.9. The molecule has 0 spiro atoms. The van der Waals surface area contributed by atoms with Crippen molar-refractivity contribution in [1.82, 2.24) is 4.90 Å². The van der Waals surface area contributed by atoms with E-state index in [0.717, 1.165) is 25.2 Å². The lowest BCUT2D eigenvalue weighted by atomic mass is 10.0. The van der Waals surface area contributed by atoms with Gasteiger partial charge in [0.25, 0.3) is 0 Å². The molecule has 2 aromatic carbocycles. The Bertz CT molecular complexity index is 630. The number of carbonyl (C=O) groups is 1. The van der Waals surface area contributed by atoms with Gasteiger partial charge in [-0.3, -0.25) is 4.79 Å². The van der Waals surface area contributed by atoms with E-state index in [2.05, 4.69) is 10.2 Å². The first-order valence-electron chi connectivity index (χ1n) is 7.36. The number of nitrogens with zero attached hydrogens (tertiary/aromatic N) is 1. The Hall–Kier alpha value is -1.55. The van der Waals surface area contributed by atoms with Gasteiger partial charge in [0.2, 0.25) is 0 Å². The minimum atomic E-state index is -0.0155. The number of hydrogen-bond acceptors (Lipinski definition) is 3. The summed E-state index contributed by atoms with van der Waals surface area (Å²) in [6, 6.07) is 14.7. The van der Waals surface area contributed by atoms with Crippen molar-refractivity contribution in [2.75, 3.05) is 32.5 Å². The number of anilines is 1. The molecule has 0 saturated heterocycles. The van der Waals surface area contributed by atoms with Crippen molar-refractivity contribution in [2.45, 2.75) is 6.42 Å². The van der Waals surface area contributed by atoms with Crippen LogP contribution in [0.1, 0.15) is 22.3 Å². The molecule has 2 aromatic rings. The number of halogens is 2. The van der Waals surface area contributed by atoms with Crippen molar-refractivity contribution in [2.24, 2.45) is 0 Å². The van der Waals surface area contributed by atoms with Crippen molar-refractivity contribution < 1.29 is 4.79 Å². The minimum absolute atomic E-state index is 0. The summed E-state index contributed by atoms with van der Waals surface area (Å²) in [5.41, 5.74) is 2.11. The van der Waals surface area contributed by atoms with Crippen LogP contribution in [0.15, 0.2) is 48.5 Å². The number of nitrogens with one attached hydrogen (secondary N) is 1. The highest BCUT2D eigenvalue weighted by Crippen LogP contribution is 2.23. The molecular weight excluding hydrogens is 331 g/mol. The van der Waals surface area contributed by atoms with Crippen molar-refractivity contribution in [3.05, 3.63) is 64.7 Å². The van der Waals surface area contributed by atoms with E-state index >= 15 is 0 Å². The van der Waals surface area contributed by atoms with Gasteiger partial charge >= 0.3 is 0 Å². The molecule has 0 heterocycles. The van der Waals surface area contributed by atoms with Crippen molar-refractivity contribution in [3.63, 3.8) is 0 Å². The molecular formula is C18H22Cl2N2O. The van der Waals surface area contributed by atoms with E-state index < -0.39 is 0 Å². The highest BCUT2D eigenvalue weighted by Gasteiger charge is 2.14. The Morgan fingerprint density at radius 1 is 1.13 bits per heavy atom.